The molecule has 0 aliphatic heterocycles. The highest BCUT2D eigenvalue weighted by Gasteiger charge is 2.31. The second-order valence-corrected chi connectivity index (χ2v) is 9.44. The van der Waals surface area contributed by atoms with E-state index in [-0.39, 0.29) is 18.1 Å². The maximum Gasteiger partial charge on any atom is 0.573 e. The predicted octanol–water partition coefficient (Wildman–Crippen LogP) is 3.91. The summed E-state index contributed by atoms with van der Waals surface area (Å²) in [5.74, 6) is -0.217. The van der Waals surface area contributed by atoms with E-state index in [0.717, 1.165) is 30.9 Å². The fourth-order valence-corrected chi connectivity index (χ4v) is 4.15. The minimum atomic E-state index is -4.79. The minimum absolute atomic E-state index is 0.0704. The first-order chi connectivity index (χ1) is 16.7. The molecular weight excluding hydrogens is 485 g/mol. The van der Waals surface area contributed by atoms with Crippen molar-refractivity contribution in [1.82, 2.24) is 25.3 Å². The summed E-state index contributed by atoms with van der Waals surface area (Å²) in [6, 6.07) is 5.28. The number of amides is 2. The van der Waals surface area contributed by atoms with E-state index >= 15 is 0 Å². The summed E-state index contributed by atoms with van der Waals surface area (Å²) >= 11 is 1.26. The van der Waals surface area contributed by atoms with Crippen molar-refractivity contribution in [2.75, 3.05) is 11.9 Å². The van der Waals surface area contributed by atoms with Crippen molar-refractivity contribution in [2.45, 2.75) is 51.4 Å². The molecule has 0 unspecified atom stereocenters. The smallest absolute Gasteiger partial charge is 0.406 e. The molecule has 188 valence electrons. The van der Waals surface area contributed by atoms with Gasteiger partial charge < -0.3 is 15.4 Å². The number of alkyl halides is 3. The van der Waals surface area contributed by atoms with Gasteiger partial charge in [-0.15, -0.1) is 23.4 Å². The summed E-state index contributed by atoms with van der Waals surface area (Å²) in [7, 11) is 0. The topological polar surface area (TPSA) is 114 Å². The van der Waals surface area contributed by atoms with Crippen LogP contribution in [0.2, 0.25) is 0 Å². The third-order valence-corrected chi connectivity index (χ3v) is 6.19. The summed E-state index contributed by atoms with van der Waals surface area (Å²) in [6.07, 6.45) is 1.69. The van der Waals surface area contributed by atoms with Gasteiger partial charge in [0.05, 0.1) is 12.6 Å². The van der Waals surface area contributed by atoms with Crippen LogP contribution in [0.5, 0.6) is 5.75 Å². The number of nitrogens with zero attached hydrogens (tertiary/aromatic N) is 3. The molecule has 1 saturated carbocycles. The average molecular weight is 511 g/mol. The van der Waals surface area contributed by atoms with Crippen molar-refractivity contribution in [3.8, 4) is 5.75 Å². The van der Waals surface area contributed by atoms with Gasteiger partial charge in [0.25, 0.3) is 5.91 Å². The maximum atomic E-state index is 12.4. The molecule has 3 aromatic rings. The Bertz CT molecular complexity index is 1140. The largest absolute Gasteiger partial charge is 0.573 e. The maximum absolute atomic E-state index is 12.4. The number of hydrogen-bond acceptors (Lipinski definition) is 6. The van der Waals surface area contributed by atoms with Crippen molar-refractivity contribution in [2.24, 2.45) is 5.92 Å². The predicted molar refractivity (Wildman–Crippen MR) is 122 cm³/mol. The molecule has 1 aromatic carbocycles. The van der Waals surface area contributed by atoms with E-state index in [9.17, 15) is 22.8 Å². The lowest BCUT2D eigenvalue weighted by Gasteiger charge is -2.15. The van der Waals surface area contributed by atoms with Gasteiger partial charge >= 0.3 is 6.36 Å². The second-order valence-electron chi connectivity index (χ2n) is 8.38. The lowest BCUT2D eigenvalue weighted by Crippen LogP contribution is -2.30. The molecular formula is C22H25F3N6O3S. The van der Waals surface area contributed by atoms with Crippen molar-refractivity contribution in [3.63, 3.8) is 0 Å². The highest BCUT2D eigenvalue weighted by atomic mass is 32.1. The van der Waals surface area contributed by atoms with Crippen LogP contribution in [0.15, 0.2) is 30.5 Å². The van der Waals surface area contributed by atoms with Crippen molar-refractivity contribution in [1.29, 1.82) is 0 Å². The molecule has 1 aliphatic carbocycles. The zero-order valence-corrected chi connectivity index (χ0v) is 19.5. The fourth-order valence-electron chi connectivity index (χ4n) is 3.35. The third kappa shape index (κ3) is 8.12. The van der Waals surface area contributed by atoms with Crippen LogP contribution in [0, 0.1) is 5.92 Å². The van der Waals surface area contributed by atoms with Crippen molar-refractivity contribution >= 4 is 28.3 Å². The number of aromatic nitrogens is 4. The molecule has 0 bridgehead atoms. The molecule has 13 heteroatoms. The standard InChI is InChI=1S/C22H25F3N6O3S/c23-22(24,25)34-16-5-3-4-15(10-16)11-18(32)27-21-29-28-19(35-21)6-1-2-9-31-13-17(30-31)20(33)26-12-14-7-8-14/h3-5,10,13-14,30H,1-2,6-9,11-12H2,(H,26,33)(H,27,29,32). The summed E-state index contributed by atoms with van der Waals surface area (Å²) in [6.45, 7) is 1.49. The first-order valence-corrected chi connectivity index (χ1v) is 12.1. The van der Waals surface area contributed by atoms with Crippen LogP contribution in [0.25, 0.3) is 0 Å². The van der Waals surface area contributed by atoms with Gasteiger partial charge in [-0.1, -0.05) is 23.5 Å². The Morgan fingerprint density at radius 2 is 2.03 bits per heavy atom. The first-order valence-electron chi connectivity index (χ1n) is 11.2. The van der Waals surface area contributed by atoms with Gasteiger partial charge in [0.2, 0.25) is 11.0 Å². The molecule has 2 heterocycles. The number of ether oxygens (including phenoxy) is 1. The number of rotatable bonds is 12. The summed E-state index contributed by atoms with van der Waals surface area (Å²) in [5, 5.41) is 17.7. The summed E-state index contributed by atoms with van der Waals surface area (Å²) in [5.41, 5.74) is 0.959. The lowest BCUT2D eigenvalue weighted by molar-refractivity contribution is -0.274. The van der Waals surface area contributed by atoms with Crippen LogP contribution in [-0.4, -0.2) is 44.7 Å². The highest BCUT2D eigenvalue weighted by Crippen LogP contribution is 2.27. The van der Waals surface area contributed by atoms with Gasteiger partial charge in [0.1, 0.15) is 16.5 Å². The zero-order chi connectivity index (χ0) is 24.8. The third-order valence-electron chi connectivity index (χ3n) is 5.29. The average Bonchev–Trinajstić information content (AvgIpc) is 3.48. The van der Waals surface area contributed by atoms with Gasteiger partial charge in [0, 0.05) is 19.5 Å². The van der Waals surface area contributed by atoms with Crippen LogP contribution < -0.4 is 15.4 Å². The van der Waals surface area contributed by atoms with Crippen LogP contribution >= 0.6 is 11.3 Å². The van der Waals surface area contributed by atoms with Gasteiger partial charge in [-0.05, 0) is 49.3 Å². The number of carbonyl (C=O) groups excluding carboxylic acids is 2. The van der Waals surface area contributed by atoms with Gasteiger partial charge in [-0.2, -0.15) is 0 Å². The van der Waals surface area contributed by atoms with Crippen LogP contribution in [0.4, 0.5) is 18.3 Å². The van der Waals surface area contributed by atoms with E-state index in [1.54, 1.807) is 12.3 Å². The number of hydrogen-bond donors (Lipinski definition) is 3. The molecule has 9 nitrogen and oxygen atoms in total. The molecule has 0 radical (unpaired) electrons. The summed E-state index contributed by atoms with van der Waals surface area (Å²) < 4.78 is 42.8. The SMILES string of the molecule is O=C(Cc1cccc(OC(F)(F)F)c1)Nc1nnc(CCCCn2cc(C(=O)NCC3CC3)[nH]2)s1. The number of unbranched alkanes of at least 4 members (excludes halogenated alkanes) is 1. The molecule has 35 heavy (non-hydrogen) atoms. The molecule has 1 aliphatic rings. The number of anilines is 1. The molecule has 1 fully saturated rings. The number of halogens is 3. The van der Waals surface area contributed by atoms with Crippen LogP contribution in [0.1, 0.15) is 46.7 Å². The Morgan fingerprint density at radius 1 is 1.23 bits per heavy atom. The number of H-pyrrole nitrogens is 1. The van der Waals surface area contributed by atoms with Gasteiger partial charge in [-0.25, -0.2) is 0 Å². The Balaban J connectivity index is 1.14. The van der Waals surface area contributed by atoms with Crippen molar-refractivity contribution in [3.05, 3.63) is 46.7 Å². The van der Waals surface area contributed by atoms with Gasteiger partial charge in [-0.3, -0.25) is 19.4 Å². The number of benzene rings is 1. The first kappa shape index (κ1) is 24.8. The number of aryl methyl sites for hydroxylation is 2. The van der Waals surface area contributed by atoms with E-state index < -0.39 is 12.3 Å². The molecule has 0 spiro atoms. The second kappa shape index (κ2) is 10.9. The Hall–Kier alpha value is -3.35. The Kier molecular flexibility index (Phi) is 7.73. The van der Waals surface area contributed by atoms with E-state index in [0.29, 0.717) is 28.7 Å². The zero-order valence-electron chi connectivity index (χ0n) is 18.7. The van der Waals surface area contributed by atoms with Crippen LogP contribution in [-0.2, 0) is 24.2 Å². The Labute approximate surface area is 203 Å². The monoisotopic (exact) mass is 510 g/mol. The minimum Gasteiger partial charge on any atom is -0.406 e. The molecule has 2 amide bonds. The van der Waals surface area contributed by atoms with Gasteiger partial charge in [0.15, 0.2) is 0 Å². The van der Waals surface area contributed by atoms with Crippen molar-refractivity contribution < 1.29 is 27.5 Å². The normalized spacial score (nSPS) is 13.6. The van der Waals surface area contributed by atoms with E-state index in [1.807, 2.05) is 4.68 Å². The molecule has 0 atom stereocenters. The molecule has 0 saturated heterocycles. The van der Waals surface area contributed by atoms with E-state index in [2.05, 4.69) is 30.7 Å². The molecule has 2 aromatic heterocycles. The lowest BCUT2D eigenvalue weighted by atomic mass is 10.1. The molecule has 3 N–H and O–H groups in total. The van der Waals surface area contributed by atoms with E-state index in [4.69, 9.17) is 0 Å². The number of nitrogens with one attached hydrogen (secondary N) is 3. The fraction of sp³-hybridized carbons (Fsp3) is 0.455. The number of aromatic amines is 1. The molecule has 4 rings (SSSR count). The Morgan fingerprint density at radius 3 is 2.77 bits per heavy atom. The quantitative estimate of drug-likeness (QED) is 0.320. The summed E-state index contributed by atoms with van der Waals surface area (Å²) in [4.78, 5) is 24.1. The van der Waals surface area contributed by atoms with Crippen LogP contribution in [0.3, 0.4) is 0 Å². The number of carbonyl (C=O) groups is 2. The highest BCUT2D eigenvalue weighted by molar-refractivity contribution is 7.15. The van der Waals surface area contributed by atoms with E-state index in [1.165, 1.54) is 42.4 Å².